The van der Waals surface area contributed by atoms with Crippen LogP contribution in [0, 0.1) is 6.92 Å². The van der Waals surface area contributed by atoms with Crippen molar-refractivity contribution in [1.29, 1.82) is 0 Å². The highest BCUT2D eigenvalue weighted by molar-refractivity contribution is 6.43. The van der Waals surface area contributed by atoms with Crippen molar-refractivity contribution in [2.75, 3.05) is 5.32 Å². The van der Waals surface area contributed by atoms with Gasteiger partial charge in [-0.25, -0.2) is 0 Å². The number of halogens is 2. The predicted molar refractivity (Wildman–Crippen MR) is 102 cm³/mol. The Morgan fingerprint density at radius 2 is 1.77 bits per heavy atom. The van der Waals surface area contributed by atoms with Gasteiger partial charge in [-0.05, 0) is 43.7 Å². The fourth-order valence-corrected chi connectivity index (χ4v) is 2.62. The summed E-state index contributed by atoms with van der Waals surface area (Å²) in [5, 5.41) is 5.53. The zero-order valence-corrected chi connectivity index (χ0v) is 15.6. The van der Waals surface area contributed by atoms with Crippen LogP contribution in [-0.4, -0.2) is 23.8 Å². The third-order valence-electron chi connectivity index (χ3n) is 3.71. The molecule has 2 aromatic carbocycles. The van der Waals surface area contributed by atoms with Crippen LogP contribution < -0.4 is 16.4 Å². The molecule has 26 heavy (non-hydrogen) atoms. The number of anilines is 1. The van der Waals surface area contributed by atoms with Crippen LogP contribution in [0.25, 0.3) is 0 Å². The molecular formula is C18H17Cl2N3O3. The van der Waals surface area contributed by atoms with E-state index in [0.29, 0.717) is 16.8 Å². The van der Waals surface area contributed by atoms with Gasteiger partial charge in [-0.3, -0.25) is 14.4 Å². The Morgan fingerprint density at radius 1 is 1.08 bits per heavy atom. The second kappa shape index (κ2) is 8.21. The lowest BCUT2D eigenvalue weighted by molar-refractivity contribution is -0.117. The van der Waals surface area contributed by atoms with Crippen LogP contribution >= 0.6 is 23.2 Å². The Bertz CT molecular complexity index is 884. The van der Waals surface area contributed by atoms with Crippen molar-refractivity contribution >= 4 is 46.6 Å². The molecule has 1 atom stereocenters. The summed E-state index contributed by atoms with van der Waals surface area (Å²) in [6, 6.07) is 8.60. The molecule has 0 aliphatic carbocycles. The number of nitrogens with one attached hydrogen (secondary N) is 2. The fourth-order valence-electron chi connectivity index (χ4n) is 2.23. The number of rotatable bonds is 5. The Kier molecular flexibility index (Phi) is 6.23. The first-order valence-electron chi connectivity index (χ1n) is 7.67. The van der Waals surface area contributed by atoms with E-state index in [1.54, 1.807) is 31.2 Å². The number of hydrogen-bond acceptors (Lipinski definition) is 3. The second-order valence-electron chi connectivity index (χ2n) is 5.68. The van der Waals surface area contributed by atoms with E-state index >= 15 is 0 Å². The van der Waals surface area contributed by atoms with E-state index in [9.17, 15) is 14.4 Å². The molecule has 0 spiro atoms. The van der Waals surface area contributed by atoms with Crippen molar-refractivity contribution in [3.05, 3.63) is 63.1 Å². The number of hydrogen-bond donors (Lipinski definition) is 3. The van der Waals surface area contributed by atoms with Crippen molar-refractivity contribution in [3.8, 4) is 0 Å². The molecule has 0 aliphatic rings. The molecule has 8 heteroatoms. The largest absolute Gasteiger partial charge is 0.366 e. The molecule has 4 N–H and O–H groups in total. The van der Waals surface area contributed by atoms with Crippen molar-refractivity contribution < 1.29 is 14.4 Å². The molecule has 3 amide bonds. The van der Waals surface area contributed by atoms with E-state index in [1.165, 1.54) is 19.1 Å². The molecule has 0 aliphatic heterocycles. The summed E-state index contributed by atoms with van der Waals surface area (Å²) in [5.74, 6) is -1.58. The van der Waals surface area contributed by atoms with Gasteiger partial charge in [-0.15, -0.1) is 0 Å². The Labute approximate surface area is 160 Å². The van der Waals surface area contributed by atoms with Gasteiger partial charge in [0.15, 0.2) is 0 Å². The first-order chi connectivity index (χ1) is 12.2. The predicted octanol–water partition coefficient (Wildman–Crippen LogP) is 3.16. The van der Waals surface area contributed by atoms with Gasteiger partial charge in [0.1, 0.15) is 6.04 Å². The Morgan fingerprint density at radius 3 is 2.42 bits per heavy atom. The smallest absolute Gasteiger partial charge is 0.253 e. The monoisotopic (exact) mass is 393 g/mol. The second-order valence-corrected chi connectivity index (χ2v) is 6.46. The van der Waals surface area contributed by atoms with Crippen LogP contribution in [0.5, 0.6) is 0 Å². The maximum Gasteiger partial charge on any atom is 0.253 e. The van der Waals surface area contributed by atoms with E-state index in [2.05, 4.69) is 10.6 Å². The van der Waals surface area contributed by atoms with Crippen LogP contribution in [0.3, 0.4) is 0 Å². The quantitative estimate of drug-likeness (QED) is 0.726. The van der Waals surface area contributed by atoms with Gasteiger partial charge >= 0.3 is 0 Å². The maximum absolute atomic E-state index is 12.3. The molecule has 0 heterocycles. The number of amides is 3. The molecule has 0 aromatic heterocycles. The van der Waals surface area contributed by atoms with Gasteiger partial charge < -0.3 is 16.4 Å². The molecule has 2 aromatic rings. The van der Waals surface area contributed by atoms with Gasteiger partial charge in [0, 0.05) is 11.3 Å². The summed E-state index contributed by atoms with van der Waals surface area (Å²) in [6.07, 6.45) is 0. The summed E-state index contributed by atoms with van der Waals surface area (Å²) in [7, 11) is 0. The molecule has 136 valence electrons. The minimum absolute atomic E-state index is 0.115. The third-order valence-corrected chi connectivity index (χ3v) is 4.53. The van der Waals surface area contributed by atoms with Crippen LogP contribution in [0.2, 0.25) is 10.0 Å². The number of aryl methyl sites for hydroxylation is 1. The van der Waals surface area contributed by atoms with Crippen molar-refractivity contribution in [2.45, 2.75) is 19.9 Å². The van der Waals surface area contributed by atoms with Gasteiger partial charge in [0.25, 0.3) is 5.91 Å². The lowest BCUT2D eigenvalue weighted by Gasteiger charge is -2.15. The van der Waals surface area contributed by atoms with Crippen molar-refractivity contribution in [1.82, 2.24) is 5.32 Å². The molecule has 2 rings (SSSR count). The van der Waals surface area contributed by atoms with E-state index in [0.717, 1.165) is 0 Å². The summed E-state index contributed by atoms with van der Waals surface area (Å²) in [5.41, 5.74) is 6.88. The number of carbonyl (C=O) groups is 3. The molecule has 1 unspecified atom stereocenters. The SMILES string of the molecule is Cc1ccc(NC(=O)C(C)NC(=O)c2cccc(Cl)c2Cl)cc1C(N)=O. The fraction of sp³-hybridized carbons (Fsp3) is 0.167. The lowest BCUT2D eigenvalue weighted by Crippen LogP contribution is -2.41. The van der Waals surface area contributed by atoms with Crippen LogP contribution in [0.1, 0.15) is 33.2 Å². The van der Waals surface area contributed by atoms with E-state index < -0.39 is 23.8 Å². The summed E-state index contributed by atoms with van der Waals surface area (Å²) >= 11 is 11.9. The minimum atomic E-state index is -0.851. The van der Waals surface area contributed by atoms with Gasteiger partial charge in [0.2, 0.25) is 11.8 Å². The van der Waals surface area contributed by atoms with Gasteiger partial charge in [-0.1, -0.05) is 35.3 Å². The zero-order chi connectivity index (χ0) is 19.4. The summed E-state index contributed by atoms with van der Waals surface area (Å²) in [4.78, 5) is 36.0. The highest BCUT2D eigenvalue weighted by Crippen LogP contribution is 2.25. The topological polar surface area (TPSA) is 101 Å². The van der Waals surface area contributed by atoms with Crippen LogP contribution in [0.4, 0.5) is 5.69 Å². The molecule has 0 radical (unpaired) electrons. The third kappa shape index (κ3) is 4.53. The highest BCUT2D eigenvalue weighted by Gasteiger charge is 2.19. The normalized spacial score (nSPS) is 11.5. The van der Waals surface area contributed by atoms with E-state index in [4.69, 9.17) is 28.9 Å². The first-order valence-corrected chi connectivity index (χ1v) is 8.42. The average Bonchev–Trinajstić information content (AvgIpc) is 2.58. The van der Waals surface area contributed by atoms with Crippen LogP contribution in [0.15, 0.2) is 36.4 Å². The number of benzene rings is 2. The number of primary amides is 1. The van der Waals surface area contributed by atoms with Crippen molar-refractivity contribution in [3.63, 3.8) is 0 Å². The number of carbonyl (C=O) groups excluding carboxylic acids is 3. The van der Waals surface area contributed by atoms with Gasteiger partial charge in [0.05, 0.1) is 15.6 Å². The van der Waals surface area contributed by atoms with Crippen LogP contribution in [-0.2, 0) is 4.79 Å². The summed E-state index contributed by atoms with van der Waals surface area (Å²) < 4.78 is 0. The average molecular weight is 394 g/mol. The zero-order valence-electron chi connectivity index (χ0n) is 14.1. The Hall–Kier alpha value is -2.57. The summed E-state index contributed by atoms with van der Waals surface area (Å²) in [6.45, 7) is 3.26. The van der Waals surface area contributed by atoms with E-state index in [1.807, 2.05) is 0 Å². The highest BCUT2D eigenvalue weighted by atomic mass is 35.5. The first kappa shape index (κ1) is 19.8. The lowest BCUT2D eigenvalue weighted by atomic mass is 10.1. The maximum atomic E-state index is 12.3. The molecule has 0 saturated heterocycles. The standard InChI is InChI=1S/C18H17Cl2N3O3/c1-9-6-7-11(8-13(9)16(21)24)23-17(25)10(2)22-18(26)12-4-3-5-14(19)15(12)20/h3-8,10H,1-2H3,(H2,21,24)(H,22,26)(H,23,25). The molecule has 0 fully saturated rings. The molecule has 0 saturated carbocycles. The van der Waals surface area contributed by atoms with Crippen molar-refractivity contribution in [2.24, 2.45) is 5.73 Å². The Balaban J connectivity index is 2.08. The van der Waals surface area contributed by atoms with E-state index in [-0.39, 0.29) is 15.6 Å². The molecular weight excluding hydrogens is 377 g/mol. The molecule has 6 nitrogen and oxygen atoms in total. The minimum Gasteiger partial charge on any atom is -0.366 e. The number of nitrogens with two attached hydrogens (primary N) is 1. The molecule has 0 bridgehead atoms. The van der Waals surface area contributed by atoms with Gasteiger partial charge in [-0.2, -0.15) is 0 Å².